The summed E-state index contributed by atoms with van der Waals surface area (Å²) in [6.07, 6.45) is 5.41. The van der Waals surface area contributed by atoms with Gasteiger partial charge in [-0.1, -0.05) is 6.42 Å². The number of carbonyl (C=O) groups excluding carboxylic acids is 1. The summed E-state index contributed by atoms with van der Waals surface area (Å²) in [5.74, 6) is -0.0167. The molecule has 3 atom stereocenters. The van der Waals surface area contributed by atoms with Crippen LogP contribution in [0.3, 0.4) is 0 Å². The Balaban J connectivity index is 1.83. The summed E-state index contributed by atoms with van der Waals surface area (Å²) in [7, 11) is -1.29. The summed E-state index contributed by atoms with van der Waals surface area (Å²) in [5, 5.41) is 0.906. The molecule has 0 spiro atoms. The molecule has 3 aliphatic rings. The number of rotatable bonds is 1. The average Bonchev–Trinajstić information content (AvgIpc) is 3.20. The zero-order valence-corrected chi connectivity index (χ0v) is 13.8. The molecular weight excluding hydrogens is 328 g/mol. The van der Waals surface area contributed by atoms with Crippen molar-refractivity contribution in [2.75, 3.05) is 11.4 Å². The first-order valence-corrected chi connectivity index (χ1v) is 9.50. The molecule has 2 aromatic heterocycles. The van der Waals surface area contributed by atoms with Gasteiger partial charge in [-0.2, -0.15) is 0 Å². The normalized spacial score (nSPS) is 28.6. The molecule has 1 saturated carbocycles. The lowest BCUT2D eigenvalue weighted by Gasteiger charge is -2.22. The van der Waals surface area contributed by atoms with Gasteiger partial charge in [0, 0.05) is 24.5 Å². The second-order valence-corrected chi connectivity index (χ2v) is 8.18. The highest BCUT2D eigenvalue weighted by atomic mass is 32.2. The van der Waals surface area contributed by atoms with Crippen LogP contribution in [-0.4, -0.2) is 36.4 Å². The first-order chi connectivity index (χ1) is 11.6. The molecule has 4 heterocycles. The molecule has 2 aliphatic heterocycles. The van der Waals surface area contributed by atoms with E-state index in [0.29, 0.717) is 29.5 Å². The van der Waals surface area contributed by atoms with Crippen LogP contribution < -0.4 is 10.5 Å². The Labute approximate surface area is 140 Å². The Morgan fingerprint density at radius 3 is 2.88 bits per heavy atom. The van der Waals surface area contributed by atoms with Crippen molar-refractivity contribution < 1.29 is 9.00 Å². The van der Waals surface area contributed by atoms with Crippen LogP contribution in [0.2, 0.25) is 0 Å². The highest BCUT2D eigenvalue weighted by molar-refractivity contribution is 7.85. The SMILES string of the molecule is O=C1CCCN1c1cc2cnc3nc2n(c1=O)C1CCCC1S3=O. The molecular formula is C16H16N4O3S. The van der Waals surface area contributed by atoms with Crippen LogP contribution in [0, 0.1) is 0 Å². The zero-order valence-electron chi connectivity index (χ0n) is 13.0. The second-order valence-electron chi connectivity index (χ2n) is 6.62. The minimum atomic E-state index is -1.29. The van der Waals surface area contributed by atoms with E-state index in [1.165, 1.54) is 0 Å². The Morgan fingerprint density at radius 2 is 2.08 bits per heavy atom. The fraction of sp³-hybridized carbons (Fsp3) is 0.500. The molecule has 0 radical (unpaired) electrons. The summed E-state index contributed by atoms with van der Waals surface area (Å²) in [4.78, 5) is 35.6. The van der Waals surface area contributed by atoms with Gasteiger partial charge in [0.1, 0.15) is 11.3 Å². The zero-order chi connectivity index (χ0) is 16.4. The van der Waals surface area contributed by atoms with E-state index in [1.54, 1.807) is 21.7 Å². The monoisotopic (exact) mass is 344 g/mol. The van der Waals surface area contributed by atoms with Gasteiger partial charge in [0.25, 0.3) is 5.56 Å². The van der Waals surface area contributed by atoms with Crippen LogP contribution in [0.15, 0.2) is 22.2 Å². The third-order valence-corrected chi connectivity index (χ3v) is 6.96. The van der Waals surface area contributed by atoms with Crippen LogP contribution in [0.5, 0.6) is 0 Å². The molecule has 24 heavy (non-hydrogen) atoms. The van der Waals surface area contributed by atoms with Gasteiger partial charge >= 0.3 is 0 Å². The van der Waals surface area contributed by atoms with Gasteiger partial charge in [0.05, 0.1) is 22.1 Å². The number of aromatic nitrogens is 3. The Hall–Kier alpha value is -2.09. The fourth-order valence-corrected chi connectivity index (χ4v) is 5.71. The maximum absolute atomic E-state index is 13.2. The van der Waals surface area contributed by atoms with Crippen LogP contribution in [0.4, 0.5) is 5.69 Å². The van der Waals surface area contributed by atoms with Crippen molar-refractivity contribution in [3.8, 4) is 0 Å². The average molecular weight is 344 g/mol. The topological polar surface area (TPSA) is 85.2 Å². The number of hydrogen-bond acceptors (Lipinski definition) is 5. The van der Waals surface area contributed by atoms with Crippen molar-refractivity contribution in [3.05, 3.63) is 22.6 Å². The largest absolute Gasteiger partial charge is 0.308 e. The van der Waals surface area contributed by atoms with Gasteiger partial charge in [0.15, 0.2) is 0 Å². The standard InChI is InChI=1S/C16H16N4O3S/c21-13-5-2-6-19(13)11-7-9-8-17-16-18-14(9)20(15(11)22)10-3-1-4-12(10)24(16)23/h7-8,10,12H,1-6H2. The summed E-state index contributed by atoms with van der Waals surface area (Å²) >= 11 is 0. The Morgan fingerprint density at radius 1 is 1.21 bits per heavy atom. The number of fused-ring (bicyclic) bond motifs is 3. The van der Waals surface area contributed by atoms with Crippen molar-refractivity contribution in [2.24, 2.45) is 0 Å². The van der Waals surface area contributed by atoms with Gasteiger partial charge in [-0.3, -0.25) is 18.4 Å². The van der Waals surface area contributed by atoms with E-state index >= 15 is 0 Å². The van der Waals surface area contributed by atoms with E-state index < -0.39 is 10.8 Å². The van der Waals surface area contributed by atoms with Gasteiger partial charge in [0.2, 0.25) is 11.1 Å². The minimum absolute atomic E-state index is 0.0167. The highest BCUT2D eigenvalue weighted by Crippen LogP contribution is 2.38. The molecule has 7 nitrogen and oxygen atoms in total. The smallest absolute Gasteiger partial charge is 0.276 e. The molecule has 2 fully saturated rings. The number of amides is 1. The molecule has 3 unspecified atom stereocenters. The van der Waals surface area contributed by atoms with Crippen molar-refractivity contribution >= 4 is 33.4 Å². The Kier molecular flexibility index (Phi) is 2.94. The van der Waals surface area contributed by atoms with E-state index in [9.17, 15) is 13.8 Å². The predicted molar refractivity (Wildman–Crippen MR) is 88.5 cm³/mol. The summed E-state index contributed by atoms with van der Waals surface area (Å²) < 4.78 is 14.4. The molecule has 2 bridgehead atoms. The first kappa shape index (κ1) is 14.3. The highest BCUT2D eigenvalue weighted by Gasteiger charge is 2.40. The lowest BCUT2D eigenvalue weighted by Crippen LogP contribution is -2.36. The second kappa shape index (κ2) is 4.95. The summed E-state index contributed by atoms with van der Waals surface area (Å²) in [6, 6.07) is 1.58. The van der Waals surface area contributed by atoms with E-state index in [4.69, 9.17) is 0 Å². The maximum Gasteiger partial charge on any atom is 0.276 e. The van der Waals surface area contributed by atoms with Gasteiger partial charge in [-0.15, -0.1) is 0 Å². The number of carbonyl (C=O) groups is 1. The number of hydrogen-bond donors (Lipinski definition) is 0. The lowest BCUT2D eigenvalue weighted by atomic mass is 10.2. The molecule has 0 aromatic carbocycles. The van der Waals surface area contributed by atoms with E-state index in [-0.39, 0.29) is 22.8 Å². The molecule has 5 rings (SSSR count). The van der Waals surface area contributed by atoms with Crippen LogP contribution in [0.25, 0.3) is 11.0 Å². The van der Waals surface area contributed by atoms with Gasteiger partial charge in [-0.25, -0.2) is 9.97 Å². The third-order valence-electron chi connectivity index (χ3n) is 5.30. The summed E-state index contributed by atoms with van der Waals surface area (Å²) in [5.41, 5.74) is 0.751. The predicted octanol–water partition coefficient (Wildman–Crippen LogP) is 1.13. The number of nitrogens with zero attached hydrogens (tertiary/aromatic N) is 4. The molecule has 2 aromatic rings. The van der Waals surface area contributed by atoms with Gasteiger partial charge < -0.3 is 4.90 Å². The first-order valence-electron chi connectivity index (χ1n) is 8.28. The quantitative estimate of drug-likeness (QED) is 0.724. The van der Waals surface area contributed by atoms with Crippen molar-refractivity contribution in [1.29, 1.82) is 0 Å². The Bertz CT molecular complexity index is 970. The fourth-order valence-electron chi connectivity index (χ4n) is 4.18. The van der Waals surface area contributed by atoms with Crippen molar-refractivity contribution in [1.82, 2.24) is 14.5 Å². The molecule has 8 heteroatoms. The van der Waals surface area contributed by atoms with Crippen LogP contribution >= 0.6 is 0 Å². The molecule has 1 aliphatic carbocycles. The van der Waals surface area contributed by atoms with Gasteiger partial charge in [-0.05, 0) is 25.3 Å². The van der Waals surface area contributed by atoms with Crippen LogP contribution in [-0.2, 0) is 15.6 Å². The van der Waals surface area contributed by atoms with E-state index in [1.807, 2.05) is 0 Å². The minimum Gasteiger partial charge on any atom is -0.308 e. The van der Waals surface area contributed by atoms with E-state index in [2.05, 4.69) is 9.97 Å². The summed E-state index contributed by atoms with van der Waals surface area (Å²) in [6.45, 7) is 0.568. The van der Waals surface area contributed by atoms with Crippen molar-refractivity contribution in [3.63, 3.8) is 0 Å². The lowest BCUT2D eigenvalue weighted by molar-refractivity contribution is -0.117. The number of pyridine rings is 1. The van der Waals surface area contributed by atoms with E-state index in [0.717, 1.165) is 31.1 Å². The molecule has 0 N–H and O–H groups in total. The molecule has 1 amide bonds. The van der Waals surface area contributed by atoms with Crippen LogP contribution in [0.1, 0.15) is 38.1 Å². The number of anilines is 1. The third kappa shape index (κ3) is 1.80. The maximum atomic E-state index is 13.2. The van der Waals surface area contributed by atoms with Crippen molar-refractivity contribution in [2.45, 2.75) is 48.6 Å². The molecule has 1 saturated heterocycles. The molecule has 124 valence electrons.